The highest BCUT2D eigenvalue weighted by Gasteiger charge is 2.10. The number of hydrogen-bond acceptors (Lipinski definition) is 3. The summed E-state index contributed by atoms with van der Waals surface area (Å²) < 4.78 is 18.5. The molecular weight excluding hydrogens is 281 g/mol. The maximum absolute atomic E-state index is 13.5. The first-order valence-electron chi connectivity index (χ1n) is 6.71. The molecule has 110 valence electrons. The Labute approximate surface area is 128 Å². The van der Waals surface area contributed by atoms with Crippen molar-refractivity contribution in [3.05, 3.63) is 65.7 Å². The first kappa shape index (κ1) is 15.5. The summed E-state index contributed by atoms with van der Waals surface area (Å²) in [4.78, 5) is 11.2. The number of benzene rings is 2. The predicted molar refractivity (Wildman–Crippen MR) is 82.3 cm³/mol. The Morgan fingerprint density at radius 1 is 1.18 bits per heavy atom. The third kappa shape index (κ3) is 3.58. The molecule has 2 aromatic carbocycles. The van der Waals surface area contributed by atoms with Gasteiger partial charge < -0.3 is 4.74 Å². The quantitative estimate of drug-likeness (QED) is 0.610. The van der Waals surface area contributed by atoms with Crippen molar-refractivity contribution in [1.82, 2.24) is 0 Å². The van der Waals surface area contributed by atoms with Gasteiger partial charge in [-0.1, -0.05) is 24.3 Å². The first-order chi connectivity index (χ1) is 10.7. The van der Waals surface area contributed by atoms with E-state index in [0.717, 1.165) is 11.1 Å². The van der Waals surface area contributed by atoms with E-state index in [9.17, 15) is 9.18 Å². The molecule has 0 aromatic heterocycles. The topological polar surface area (TPSA) is 50.1 Å². The number of ether oxygens (including phenoxy) is 1. The van der Waals surface area contributed by atoms with Crippen LogP contribution in [0.4, 0.5) is 4.39 Å². The van der Waals surface area contributed by atoms with Crippen molar-refractivity contribution in [3.8, 4) is 22.9 Å². The normalized spacial score (nSPS) is 11.9. The van der Waals surface area contributed by atoms with Gasteiger partial charge in [-0.15, -0.1) is 0 Å². The Morgan fingerprint density at radius 2 is 1.86 bits per heavy atom. The molecule has 0 aliphatic carbocycles. The summed E-state index contributed by atoms with van der Waals surface area (Å²) in [5.41, 5.74) is 2.49. The highest BCUT2D eigenvalue weighted by molar-refractivity contribution is 5.83. The zero-order valence-electron chi connectivity index (χ0n) is 12.0. The summed E-state index contributed by atoms with van der Waals surface area (Å²) in [7, 11) is 0. The molecule has 0 amide bonds. The molecule has 1 unspecified atom stereocenters. The van der Waals surface area contributed by atoms with Crippen LogP contribution < -0.4 is 4.74 Å². The van der Waals surface area contributed by atoms with E-state index in [0.29, 0.717) is 11.8 Å². The molecule has 0 heterocycles. The molecule has 4 heteroatoms. The van der Waals surface area contributed by atoms with Gasteiger partial charge in [-0.05, 0) is 48.4 Å². The number of carbonyl (C=O) groups excluding carboxylic acids is 1. The first-order valence-corrected chi connectivity index (χ1v) is 6.71. The second-order valence-electron chi connectivity index (χ2n) is 4.55. The fourth-order valence-electron chi connectivity index (χ4n) is 1.98. The standard InChI is InChI=1S/C18H14FNO2/c1-2-3-18(19)22-17-9-8-15(10-16(17)12-21)14-6-4-13(11-20)5-7-14/h2-10,12,18H,1H3/b3-2-. The highest BCUT2D eigenvalue weighted by Crippen LogP contribution is 2.27. The zero-order valence-corrected chi connectivity index (χ0v) is 12.0. The number of alkyl halides is 1. The summed E-state index contributed by atoms with van der Waals surface area (Å²) in [6.45, 7) is 1.69. The van der Waals surface area contributed by atoms with Gasteiger partial charge in [0.25, 0.3) is 6.36 Å². The smallest absolute Gasteiger partial charge is 0.257 e. The van der Waals surface area contributed by atoms with Crippen molar-refractivity contribution in [2.45, 2.75) is 13.3 Å². The van der Waals surface area contributed by atoms with Gasteiger partial charge in [-0.3, -0.25) is 4.79 Å². The van der Waals surface area contributed by atoms with Crippen LogP contribution in [0.5, 0.6) is 5.75 Å². The van der Waals surface area contributed by atoms with Crippen molar-refractivity contribution in [2.75, 3.05) is 0 Å². The third-order valence-corrected chi connectivity index (χ3v) is 3.07. The van der Waals surface area contributed by atoms with E-state index in [2.05, 4.69) is 0 Å². The summed E-state index contributed by atoms with van der Waals surface area (Å²) in [5.74, 6) is 0.193. The molecule has 0 fully saturated rings. The highest BCUT2D eigenvalue weighted by atomic mass is 19.1. The van der Waals surface area contributed by atoms with Gasteiger partial charge in [-0.25, -0.2) is 0 Å². The Bertz CT molecular complexity index is 730. The maximum atomic E-state index is 13.5. The van der Waals surface area contributed by atoms with Gasteiger partial charge >= 0.3 is 0 Å². The zero-order chi connectivity index (χ0) is 15.9. The average Bonchev–Trinajstić information content (AvgIpc) is 2.55. The molecule has 0 N–H and O–H groups in total. The lowest BCUT2D eigenvalue weighted by molar-refractivity contribution is 0.105. The molecule has 1 atom stereocenters. The number of aldehydes is 1. The molecule has 3 nitrogen and oxygen atoms in total. The van der Waals surface area contributed by atoms with Crippen molar-refractivity contribution < 1.29 is 13.9 Å². The van der Waals surface area contributed by atoms with E-state index >= 15 is 0 Å². The number of carbonyl (C=O) groups is 1. The number of nitrogens with zero attached hydrogens (tertiary/aromatic N) is 1. The Kier molecular flexibility index (Phi) is 5.05. The van der Waals surface area contributed by atoms with Crippen LogP contribution in [0.3, 0.4) is 0 Å². The predicted octanol–water partition coefficient (Wildman–Crippen LogP) is 4.29. The molecule has 2 rings (SSSR count). The van der Waals surface area contributed by atoms with Crippen molar-refractivity contribution in [3.63, 3.8) is 0 Å². The molecule has 0 radical (unpaired) electrons. The fourth-order valence-corrected chi connectivity index (χ4v) is 1.98. The van der Waals surface area contributed by atoms with Crippen LogP contribution in [0.15, 0.2) is 54.6 Å². The molecular formula is C18H14FNO2. The molecule has 0 spiro atoms. The summed E-state index contributed by atoms with van der Waals surface area (Å²) >= 11 is 0. The van der Waals surface area contributed by atoms with Crippen LogP contribution in [0.2, 0.25) is 0 Å². The van der Waals surface area contributed by atoms with Crippen LogP contribution in [0.1, 0.15) is 22.8 Å². The maximum Gasteiger partial charge on any atom is 0.257 e. The minimum Gasteiger partial charge on any atom is -0.456 e. The number of allylic oxidation sites excluding steroid dienone is 1. The SMILES string of the molecule is C/C=C\C(F)Oc1ccc(-c2ccc(C#N)cc2)cc1C=O. The lowest BCUT2D eigenvalue weighted by atomic mass is 10.0. The molecule has 0 bridgehead atoms. The van der Waals surface area contributed by atoms with Crippen LogP contribution in [0, 0.1) is 11.3 Å². The van der Waals surface area contributed by atoms with Gasteiger partial charge in [-0.2, -0.15) is 9.65 Å². The van der Waals surface area contributed by atoms with Crippen LogP contribution in [-0.4, -0.2) is 12.6 Å². The van der Waals surface area contributed by atoms with E-state index in [4.69, 9.17) is 10.00 Å². The van der Waals surface area contributed by atoms with Gasteiger partial charge in [0.15, 0.2) is 6.29 Å². The van der Waals surface area contributed by atoms with Gasteiger partial charge in [0.05, 0.1) is 17.2 Å². The van der Waals surface area contributed by atoms with Crippen LogP contribution in [-0.2, 0) is 0 Å². The van der Waals surface area contributed by atoms with Crippen LogP contribution >= 0.6 is 0 Å². The second-order valence-corrected chi connectivity index (χ2v) is 4.55. The molecule has 22 heavy (non-hydrogen) atoms. The van der Waals surface area contributed by atoms with Crippen molar-refractivity contribution >= 4 is 6.29 Å². The van der Waals surface area contributed by atoms with E-state index in [1.165, 1.54) is 12.2 Å². The number of nitriles is 1. The number of rotatable bonds is 5. The Balaban J connectivity index is 2.32. The minimum atomic E-state index is -1.59. The molecule has 0 aliphatic rings. The Hall–Kier alpha value is -2.93. The summed E-state index contributed by atoms with van der Waals surface area (Å²) in [6.07, 6.45) is 1.83. The molecule has 0 saturated heterocycles. The third-order valence-electron chi connectivity index (χ3n) is 3.07. The van der Waals surface area contributed by atoms with Crippen molar-refractivity contribution in [2.24, 2.45) is 0 Å². The van der Waals surface area contributed by atoms with Gasteiger partial charge in [0, 0.05) is 0 Å². The number of hydrogen-bond donors (Lipinski definition) is 0. The fraction of sp³-hybridized carbons (Fsp3) is 0.111. The minimum absolute atomic E-state index is 0.193. The van der Waals surface area contributed by atoms with E-state index < -0.39 is 6.36 Å². The summed E-state index contributed by atoms with van der Waals surface area (Å²) in [6, 6.07) is 14.0. The molecule has 0 aliphatic heterocycles. The summed E-state index contributed by atoms with van der Waals surface area (Å²) in [5, 5.41) is 8.79. The van der Waals surface area contributed by atoms with Crippen molar-refractivity contribution in [1.29, 1.82) is 5.26 Å². The molecule has 0 saturated carbocycles. The monoisotopic (exact) mass is 295 g/mol. The average molecular weight is 295 g/mol. The van der Waals surface area contributed by atoms with E-state index in [1.807, 2.05) is 6.07 Å². The largest absolute Gasteiger partial charge is 0.456 e. The number of halogens is 1. The second kappa shape index (κ2) is 7.19. The lowest BCUT2D eigenvalue weighted by Crippen LogP contribution is -2.07. The van der Waals surface area contributed by atoms with Gasteiger partial charge in [0.2, 0.25) is 0 Å². The van der Waals surface area contributed by atoms with E-state index in [-0.39, 0.29) is 11.3 Å². The Morgan fingerprint density at radius 3 is 2.45 bits per heavy atom. The van der Waals surface area contributed by atoms with E-state index in [1.54, 1.807) is 49.4 Å². The lowest BCUT2D eigenvalue weighted by Gasteiger charge is -2.11. The van der Waals surface area contributed by atoms with Gasteiger partial charge in [0.1, 0.15) is 5.75 Å². The van der Waals surface area contributed by atoms with Crippen LogP contribution in [0.25, 0.3) is 11.1 Å². The molecule has 2 aromatic rings.